The Bertz CT molecular complexity index is 922. The number of aryl methyl sites for hydroxylation is 1. The minimum absolute atomic E-state index is 0.250. The molecule has 1 aliphatic rings. The Labute approximate surface area is 173 Å². The van der Waals surface area contributed by atoms with E-state index in [1.807, 2.05) is 18.3 Å². The van der Waals surface area contributed by atoms with Crippen LogP contribution in [0.15, 0.2) is 67.0 Å². The molecular formula is C25H28N2O2. The summed E-state index contributed by atoms with van der Waals surface area (Å²) in [4.78, 5) is 6.58. The minimum Gasteiger partial charge on any atom is -0.493 e. The molecule has 2 aromatic carbocycles. The highest BCUT2D eigenvalue weighted by Crippen LogP contribution is 2.45. The molecule has 4 heteroatoms. The van der Waals surface area contributed by atoms with Crippen LogP contribution in [-0.2, 0) is 6.54 Å². The summed E-state index contributed by atoms with van der Waals surface area (Å²) in [7, 11) is 1.72. The van der Waals surface area contributed by atoms with Gasteiger partial charge in [0.1, 0.15) is 0 Å². The first kappa shape index (κ1) is 19.3. The van der Waals surface area contributed by atoms with Crippen LogP contribution in [0, 0.1) is 6.92 Å². The molecule has 0 radical (unpaired) electrons. The third-order valence-electron chi connectivity index (χ3n) is 5.50. The highest BCUT2D eigenvalue weighted by Gasteiger charge is 2.25. The van der Waals surface area contributed by atoms with Crippen molar-refractivity contribution in [2.45, 2.75) is 45.3 Å². The summed E-state index contributed by atoms with van der Waals surface area (Å²) in [5.74, 6) is 1.66. The Hall–Kier alpha value is -3.01. The van der Waals surface area contributed by atoms with Crippen molar-refractivity contribution >= 4 is 11.4 Å². The van der Waals surface area contributed by atoms with Crippen LogP contribution in [0.3, 0.4) is 0 Å². The van der Waals surface area contributed by atoms with Crippen molar-refractivity contribution in [3.8, 4) is 11.5 Å². The van der Waals surface area contributed by atoms with E-state index in [-0.39, 0.29) is 6.10 Å². The van der Waals surface area contributed by atoms with Crippen molar-refractivity contribution in [2.24, 2.45) is 0 Å². The first-order valence-electron chi connectivity index (χ1n) is 10.3. The average Bonchev–Trinajstić information content (AvgIpc) is 3.27. The standard InChI is InChI=1S/C25H28N2O2/c1-19-14-15-23(25(24(19)28-2)29-22-12-6-7-13-22)27(21-10-4-3-5-11-21)18-20-9-8-16-26-17-20/h3-5,8-11,14-17,22H,6-7,12-13,18H2,1-2H3. The van der Waals surface area contributed by atoms with Gasteiger partial charge in [-0.25, -0.2) is 0 Å². The van der Waals surface area contributed by atoms with E-state index in [2.05, 4.69) is 59.3 Å². The molecule has 0 bridgehead atoms. The number of rotatable bonds is 7. The number of pyridine rings is 1. The fraction of sp³-hybridized carbons (Fsp3) is 0.320. The number of nitrogens with zero attached hydrogens (tertiary/aromatic N) is 2. The number of aromatic nitrogens is 1. The molecule has 0 amide bonds. The Morgan fingerprint density at radius 3 is 2.45 bits per heavy atom. The molecule has 150 valence electrons. The quantitative estimate of drug-likeness (QED) is 0.493. The molecule has 1 saturated carbocycles. The van der Waals surface area contributed by atoms with Gasteiger partial charge in [0.25, 0.3) is 0 Å². The number of hydrogen-bond acceptors (Lipinski definition) is 4. The molecule has 0 unspecified atom stereocenters. The number of benzene rings is 2. The summed E-state index contributed by atoms with van der Waals surface area (Å²) in [5.41, 5.74) is 4.36. The predicted octanol–water partition coefficient (Wildman–Crippen LogP) is 6.06. The molecule has 29 heavy (non-hydrogen) atoms. The Kier molecular flexibility index (Phi) is 5.99. The second-order valence-electron chi connectivity index (χ2n) is 7.57. The number of hydrogen-bond donors (Lipinski definition) is 0. The van der Waals surface area contributed by atoms with Crippen molar-refractivity contribution in [1.82, 2.24) is 4.98 Å². The second kappa shape index (κ2) is 8.99. The molecule has 1 heterocycles. The summed E-state index contributed by atoms with van der Waals surface area (Å²) >= 11 is 0. The molecule has 3 aromatic rings. The number of para-hydroxylation sites is 1. The van der Waals surface area contributed by atoms with Crippen molar-refractivity contribution in [1.29, 1.82) is 0 Å². The van der Waals surface area contributed by atoms with Crippen LogP contribution in [0.25, 0.3) is 0 Å². The van der Waals surface area contributed by atoms with Crippen molar-refractivity contribution < 1.29 is 9.47 Å². The molecule has 1 fully saturated rings. The highest BCUT2D eigenvalue weighted by molar-refractivity contribution is 5.74. The van der Waals surface area contributed by atoms with Crippen LogP contribution in [0.1, 0.15) is 36.8 Å². The molecule has 4 rings (SSSR count). The van der Waals surface area contributed by atoms with Crippen LogP contribution >= 0.6 is 0 Å². The van der Waals surface area contributed by atoms with Gasteiger partial charge >= 0.3 is 0 Å². The van der Waals surface area contributed by atoms with Crippen molar-refractivity contribution in [2.75, 3.05) is 12.0 Å². The van der Waals surface area contributed by atoms with Crippen LogP contribution in [0.2, 0.25) is 0 Å². The molecule has 4 nitrogen and oxygen atoms in total. The third-order valence-corrected chi connectivity index (χ3v) is 5.50. The summed E-state index contributed by atoms with van der Waals surface area (Å²) < 4.78 is 12.4. The van der Waals surface area contributed by atoms with E-state index in [1.165, 1.54) is 12.8 Å². The molecule has 1 aliphatic carbocycles. The van der Waals surface area contributed by atoms with Gasteiger partial charge in [0, 0.05) is 24.6 Å². The zero-order chi connectivity index (χ0) is 20.1. The third kappa shape index (κ3) is 4.37. The Morgan fingerprint density at radius 2 is 1.76 bits per heavy atom. The van der Waals surface area contributed by atoms with E-state index in [0.29, 0.717) is 6.54 Å². The number of methoxy groups -OCH3 is 1. The topological polar surface area (TPSA) is 34.6 Å². The van der Waals surface area contributed by atoms with Gasteiger partial charge in [-0.2, -0.15) is 0 Å². The molecule has 1 aromatic heterocycles. The van der Waals surface area contributed by atoms with E-state index in [0.717, 1.165) is 46.8 Å². The lowest BCUT2D eigenvalue weighted by Gasteiger charge is -2.29. The fourth-order valence-corrected chi connectivity index (χ4v) is 4.00. The Morgan fingerprint density at radius 1 is 0.966 bits per heavy atom. The lowest BCUT2D eigenvalue weighted by Crippen LogP contribution is -2.20. The lowest BCUT2D eigenvalue weighted by molar-refractivity contribution is 0.201. The normalized spacial score (nSPS) is 14.0. The van der Waals surface area contributed by atoms with E-state index in [4.69, 9.17) is 9.47 Å². The molecule has 0 aliphatic heterocycles. The van der Waals surface area contributed by atoms with Crippen LogP contribution < -0.4 is 14.4 Å². The summed E-state index contributed by atoms with van der Waals surface area (Å²) in [6, 6.07) is 18.8. The number of anilines is 2. The van der Waals surface area contributed by atoms with Gasteiger partial charge in [0.2, 0.25) is 0 Å². The summed E-state index contributed by atoms with van der Waals surface area (Å²) in [6.07, 6.45) is 8.63. The van der Waals surface area contributed by atoms with Crippen LogP contribution in [0.5, 0.6) is 11.5 Å². The number of ether oxygens (including phenoxy) is 2. The molecule has 0 N–H and O–H groups in total. The smallest absolute Gasteiger partial charge is 0.185 e. The van der Waals surface area contributed by atoms with Crippen molar-refractivity contribution in [3.05, 3.63) is 78.1 Å². The summed E-state index contributed by atoms with van der Waals surface area (Å²) in [5, 5.41) is 0. The Balaban J connectivity index is 1.80. The average molecular weight is 389 g/mol. The summed E-state index contributed by atoms with van der Waals surface area (Å²) in [6.45, 7) is 2.77. The first-order valence-corrected chi connectivity index (χ1v) is 10.3. The van der Waals surface area contributed by atoms with Gasteiger partial charge < -0.3 is 14.4 Å². The van der Waals surface area contributed by atoms with Crippen LogP contribution in [0.4, 0.5) is 11.4 Å². The van der Waals surface area contributed by atoms with Gasteiger partial charge in [0.15, 0.2) is 11.5 Å². The highest BCUT2D eigenvalue weighted by atomic mass is 16.5. The SMILES string of the molecule is COc1c(C)ccc(N(Cc2cccnc2)c2ccccc2)c1OC1CCCC1. The maximum absolute atomic E-state index is 6.57. The van der Waals surface area contributed by atoms with E-state index >= 15 is 0 Å². The zero-order valence-corrected chi connectivity index (χ0v) is 17.2. The maximum atomic E-state index is 6.57. The van der Waals surface area contributed by atoms with Gasteiger partial charge in [-0.1, -0.05) is 30.3 Å². The molecule has 0 spiro atoms. The van der Waals surface area contributed by atoms with E-state index < -0.39 is 0 Å². The largest absolute Gasteiger partial charge is 0.493 e. The maximum Gasteiger partial charge on any atom is 0.185 e. The zero-order valence-electron chi connectivity index (χ0n) is 17.2. The van der Waals surface area contributed by atoms with Gasteiger partial charge in [-0.3, -0.25) is 4.98 Å². The monoisotopic (exact) mass is 388 g/mol. The predicted molar refractivity (Wildman–Crippen MR) is 117 cm³/mol. The molecule has 0 saturated heterocycles. The van der Waals surface area contributed by atoms with Gasteiger partial charge in [-0.15, -0.1) is 0 Å². The molecular weight excluding hydrogens is 360 g/mol. The van der Waals surface area contributed by atoms with Gasteiger partial charge in [-0.05, 0) is 68.0 Å². The lowest BCUT2D eigenvalue weighted by atomic mass is 10.1. The van der Waals surface area contributed by atoms with Gasteiger partial charge in [0.05, 0.1) is 18.9 Å². The second-order valence-corrected chi connectivity index (χ2v) is 7.57. The fourth-order valence-electron chi connectivity index (χ4n) is 4.00. The van der Waals surface area contributed by atoms with E-state index in [1.54, 1.807) is 13.3 Å². The van der Waals surface area contributed by atoms with E-state index in [9.17, 15) is 0 Å². The minimum atomic E-state index is 0.250. The van der Waals surface area contributed by atoms with Crippen LogP contribution in [-0.4, -0.2) is 18.2 Å². The first-order chi connectivity index (χ1) is 14.3. The molecule has 0 atom stereocenters. The van der Waals surface area contributed by atoms with Crippen molar-refractivity contribution in [3.63, 3.8) is 0 Å².